The summed E-state index contributed by atoms with van der Waals surface area (Å²) in [6.45, 7) is 2.11. The summed E-state index contributed by atoms with van der Waals surface area (Å²) in [7, 11) is 0. The van der Waals surface area contributed by atoms with Crippen molar-refractivity contribution in [3.05, 3.63) is 35.2 Å². The highest BCUT2D eigenvalue weighted by Crippen LogP contribution is 2.32. The van der Waals surface area contributed by atoms with Gasteiger partial charge < -0.3 is 14.1 Å². The molecule has 3 aromatic rings. The van der Waals surface area contributed by atoms with Gasteiger partial charge in [-0.3, -0.25) is 0 Å². The number of halogens is 1. The van der Waals surface area contributed by atoms with Crippen LogP contribution in [0.5, 0.6) is 0 Å². The molecule has 0 radical (unpaired) electrons. The summed E-state index contributed by atoms with van der Waals surface area (Å²) >= 11 is 6.00. The summed E-state index contributed by atoms with van der Waals surface area (Å²) in [5, 5.41) is 2.21. The number of carbonyl (C=O) groups is 1. The van der Waals surface area contributed by atoms with E-state index in [-0.39, 0.29) is 5.97 Å². The molecule has 1 N–H and O–H groups in total. The number of ether oxygens (including phenoxy) is 1. The molecule has 2 heterocycles. The van der Waals surface area contributed by atoms with Crippen molar-refractivity contribution in [3.8, 4) is 0 Å². The van der Waals surface area contributed by atoms with Gasteiger partial charge in [-0.1, -0.05) is 11.6 Å². The van der Waals surface area contributed by atoms with Gasteiger partial charge in [0.25, 0.3) is 0 Å². The molecule has 18 heavy (non-hydrogen) atoms. The van der Waals surface area contributed by atoms with Gasteiger partial charge in [-0.2, -0.15) is 0 Å². The summed E-state index contributed by atoms with van der Waals surface area (Å²) in [4.78, 5) is 14.6. The zero-order valence-electron chi connectivity index (χ0n) is 9.62. The number of carbonyl (C=O) groups excluding carboxylic acids is 1. The van der Waals surface area contributed by atoms with E-state index < -0.39 is 0 Å². The summed E-state index contributed by atoms with van der Waals surface area (Å²) in [6.07, 6.45) is 1.49. The number of hydrogen-bond donors (Lipinski definition) is 1. The van der Waals surface area contributed by atoms with Gasteiger partial charge in [0.1, 0.15) is 17.5 Å². The van der Waals surface area contributed by atoms with E-state index in [1.807, 2.05) is 12.1 Å². The van der Waals surface area contributed by atoms with Crippen molar-refractivity contribution in [3.63, 3.8) is 0 Å². The van der Waals surface area contributed by atoms with Gasteiger partial charge in [0.15, 0.2) is 0 Å². The monoisotopic (exact) mass is 263 g/mol. The first-order valence-corrected chi connectivity index (χ1v) is 5.94. The topological polar surface area (TPSA) is 55.2 Å². The molecule has 0 fully saturated rings. The minimum Gasteiger partial charge on any atom is -0.462 e. The molecular formula is C13H10ClNO3. The summed E-state index contributed by atoms with van der Waals surface area (Å²) in [5.74, 6) is -0.375. The number of benzene rings is 1. The third-order valence-corrected chi connectivity index (χ3v) is 3.08. The first-order chi connectivity index (χ1) is 8.70. The summed E-state index contributed by atoms with van der Waals surface area (Å²) in [5.41, 5.74) is 1.90. The maximum Gasteiger partial charge on any atom is 0.354 e. The van der Waals surface area contributed by atoms with Gasteiger partial charge >= 0.3 is 5.97 Å². The molecule has 0 atom stereocenters. The number of aromatic amines is 1. The molecule has 1 aromatic carbocycles. The Morgan fingerprint density at radius 3 is 3.06 bits per heavy atom. The number of fused-ring (bicyclic) bond motifs is 3. The Balaban J connectivity index is 2.22. The highest BCUT2D eigenvalue weighted by molar-refractivity contribution is 6.36. The minimum atomic E-state index is -0.375. The third-order valence-electron chi connectivity index (χ3n) is 2.79. The zero-order valence-corrected chi connectivity index (χ0v) is 10.4. The summed E-state index contributed by atoms with van der Waals surface area (Å²) < 4.78 is 10.4. The molecule has 92 valence electrons. The number of nitrogens with one attached hydrogen (secondary N) is 1. The molecular weight excluding hydrogens is 254 g/mol. The van der Waals surface area contributed by atoms with Crippen LogP contribution in [0.3, 0.4) is 0 Å². The third kappa shape index (κ3) is 1.57. The Hall–Kier alpha value is -1.94. The smallest absolute Gasteiger partial charge is 0.354 e. The van der Waals surface area contributed by atoms with Gasteiger partial charge in [0.2, 0.25) is 0 Å². The molecule has 3 rings (SSSR count). The fourth-order valence-electron chi connectivity index (χ4n) is 1.99. The number of esters is 1. The Kier molecular flexibility index (Phi) is 2.52. The molecule has 0 aliphatic heterocycles. The molecule has 0 saturated heterocycles. The fourth-order valence-corrected chi connectivity index (χ4v) is 2.18. The second kappa shape index (κ2) is 4.07. The summed E-state index contributed by atoms with van der Waals surface area (Å²) in [6, 6.07) is 5.44. The SMILES string of the molecule is CCOC(=O)c1cc2c(ccc3c(Cl)coc32)[nH]1. The number of hydrogen-bond acceptors (Lipinski definition) is 3. The van der Waals surface area contributed by atoms with Crippen molar-refractivity contribution < 1.29 is 13.9 Å². The van der Waals surface area contributed by atoms with Crippen molar-refractivity contribution in [2.24, 2.45) is 0 Å². The first kappa shape index (κ1) is 11.2. The van der Waals surface area contributed by atoms with Crippen LogP contribution in [0.15, 0.2) is 28.9 Å². The van der Waals surface area contributed by atoms with E-state index in [2.05, 4.69) is 4.98 Å². The number of aromatic nitrogens is 1. The van der Waals surface area contributed by atoms with E-state index in [9.17, 15) is 4.79 Å². The maximum absolute atomic E-state index is 11.6. The largest absolute Gasteiger partial charge is 0.462 e. The van der Waals surface area contributed by atoms with Gasteiger partial charge in [-0.15, -0.1) is 0 Å². The van der Waals surface area contributed by atoms with Crippen LogP contribution >= 0.6 is 11.6 Å². The first-order valence-electron chi connectivity index (χ1n) is 5.56. The lowest BCUT2D eigenvalue weighted by Crippen LogP contribution is -2.04. The Morgan fingerprint density at radius 1 is 1.44 bits per heavy atom. The van der Waals surface area contributed by atoms with Crippen molar-refractivity contribution >= 4 is 39.4 Å². The van der Waals surface area contributed by atoms with Crippen LogP contribution in [-0.2, 0) is 4.74 Å². The fraction of sp³-hybridized carbons (Fsp3) is 0.154. The molecule has 0 aliphatic rings. The zero-order chi connectivity index (χ0) is 12.7. The normalized spacial score (nSPS) is 11.2. The highest BCUT2D eigenvalue weighted by atomic mass is 35.5. The van der Waals surface area contributed by atoms with Gasteiger partial charge in [0.05, 0.1) is 11.6 Å². The van der Waals surface area contributed by atoms with Crippen molar-refractivity contribution in [1.82, 2.24) is 4.98 Å². The predicted molar refractivity (Wildman–Crippen MR) is 69.0 cm³/mol. The van der Waals surface area contributed by atoms with Crippen LogP contribution in [0.4, 0.5) is 0 Å². The van der Waals surface area contributed by atoms with E-state index in [0.717, 1.165) is 16.3 Å². The van der Waals surface area contributed by atoms with Crippen LogP contribution in [0.2, 0.25) is 5.02 Å². The molecule has 5 heteroatoms. The van der Waals surface area contributed by atoms with E-state index >= 15 is 0 Å². The van der Waals surface area contributed by atoms with E-state index in [4.69, 9.17) is 20.8 Å². The lowest BCUT2D eigenvalue weighted by molar-refractivity contribution is 0.0520. The average Bonchev–Trinajstić information content (AvgIpc) is 2.93. The molecule has 0 unspecified atom stereocenters. The standard InChI is InChI=1S/C13H10ClNO3/c1-2-17-13(16)11-5-8-10(15-11)4-3-7-9(14)6-18-12(7)8/h3-6,15H,2H2,1H3. The number of H-pyrrole nitrogens is 1. The van der Waals surface area contributed by atoms with Gasteiger partial charge in [-0.25, -0.2) is 4.79 Å². The second-order valence-electron chi connectivity index (χ2n) is 3.89. The quantitative estimate of drug-likeness (QED) is 0.717. The van der Waals surface area contributed by atoms with Crippen molar-refractivity contribution in [2.75, 3.05) is 6.61 Å². The Morgan fingerprint density at radius 2 is 2.28 bits per heavy atom. The highest BCUT2D eigenvalue weighted by Gasteiger charge is 2.14. The van der Waals surface area contributed by atoms with Gasteiger partial charge in [-0.05, 0) is 25.1 Å². The van der Waals surface area contributed by atoms with Crippen molar-refractivity contribution in [1.29, 1.82) is 0 Å². The van der Waals surface area contributed by atoms with Crippen LogP contribution in [0, 0.1) is 0 Å². The molecule has 2 aromatic heterocycles. The lowest BCUT2D eigenvalue weighted by atomic mass is 10.2. The van der Waals surface area contributed by atoms with Crippen molar-refractivity contribution in [2.45, 2.75) is 6.92 Å². The van der Waals surface area contributed by atoms with Crippen LogP contribution in [0.25, 0.3) is 21.9 Å². The van der Waals surface area contributed by atoms with Crippen LogP contribution < -0.4 is 0 Å². The second-order valence-corrected chi connectivity index (χ2v) is 4.30. The van der Waals surface area contributed by atoms with Crippen LogP contribution in [0.1, 0.15) is 17.4 Å². The predicted octanol–water partition coefficient (Wildman–Crippen LogP) is 3.74. The molecule has 0 amide bonds. The Labute approximate surface area is 107 Å². The van der Waals surface area contributed by atoms with E-state index in [1.165, 1.54) is 6.26 Å². The number of furan rings is 1. The van der Waals surface area contributed by atoms with Crippen LogP contribution in [-0.4, -0.2) is 17.6 Å². The maximum atomic E-state index is 11.6. The van der Waals surface area contributed by atoms with E-state index in [1.54, 1.807) is 13.0 Å². The molecule has 0 bridgehead atoms. The number of rotatable bonds is 2. The van der Waals surface area contributed by atoms with E-state index in [0.29, 0.717) is 22.9 Å². The van der Waals surface area contributed by atoms with Gasteiger partial charge in [0, 0.05) is 16.3 Å². The molecule has 0 aliphatic carbocycles. The average molecular weight is 264 g/mol. The minimum absolute atomic E-state index is 0.343. The molecule has 0 saturated carbocycles. The Bertz CT molecular complexity index is 741. The molecule has 4 nitrogen and oxygen atoms in total. The lowest BCUT2D eigenvalue weighted by Gasteiger charge is -1.96. The molecule has 0 spiro atoms.